The van der Waals surface area contributed by atoms with Crippen LogP contribution in [0, 0.1) is 6.92 Å². The summed E-state index contributed by atoms with van der Waals surface area (Å²) >= 11 is 0. The SMILES string of the molecule is CCC(=O)N(CC)c1cccc(C(F)(F)F)c1COc1ccccc1C. The molecule has 6 heteroatoms. The summed E-state index contributed by atoms with van der Waals surface area (Å²) in [6, 6.07) is 11.0. The number of benzene rings is 2. The normalized spacial score (nSPS) is 11.3. The molecule has 3 nitrogen and oxygen atoms in total. The van der Waals surface area contributed by atoms with E-state index in [9.17, 15) is 18.0 Å². The molecule has 0 bridgehead atoms. The van der Waals surface area contributed by atoms with Crippen LogP contribution in [0.4, 0.5) is 18.9 Å². The number of para-hydroxylation sites is 1. The first-order chi connectivity index (χ1) is 12.3. The van der Waals surface area contributed by atoms with Crippen LogP contribution < -0.4 is 9.64 Å². The first-order valence-corrected chi connectivity index (χ1v) is 8.47. The Hall–Kier alpha value is -2.50. The summed E-state index contributed by atoms with van der Waals surface area (Å²) in [6.07, 6.45) is -4.32. The Labute approximate surface area is 151 Å². The molecule has 0 aliphatic carbocycles. The number of carbonyl (C=O) groups excluding carboxylic acids is 1. The van der Waals surface area contributed by atoms with Crippen LogP contribution >= 0.6 is 0 Å². The van der Waals surface area contributed by atoms with Crippen molar-refractivity contribution in [3.05, 3.63) is 59.2 Å². The molecular weight excluding hydrogens is 343 g/mol. The van der Waals surface area contributed by atoms with Crippen LogP contribution in [-0.2, 0) is 17.6 Å². The molecule has 2 aromatic rings. The van der Waals surface area contributed by atoms with E-state index in [4.69, 9.17) is 4.74 Å². The molecule has 0 N–H and O–H groups in total. The molecule has 0 fully saturated rings. The molecule has 0 aliphatic rings. The molecule has 0 heterocycles. The molecule has 0 saturated carbocycles. The minimum absolute atomic E-state index is 0.0353. The highest BCUT2D eigenvalue weighted by atomic mass is 19.4. The summed E-state index contributed by atoms with van der Waals surface area (Å²) in [7, 11) is 0. The number of ether oxygens (including phenoxy) is 1. The number of aryl methyl sites for hydroxylation is 1. The van der Waals surface area contributed by atoms with Gasteiger partial charge in [0.2, 0.25) is 5.91 Å². The van der Waals surface area contributed by atoms with Gasteiger partial charge in [-0.15, -0.1) is 0 Å². The van der Waals surface area contributed by atoms with Crippen molar-refractivity contribution in [3.8, 4) is 5.75 Å². The van der Waals surface area contributed by atoms with Crippen LogP contribution in [0.15, 0.2) is 42.5 Å². The number of alkyl halides is 3. The van der Waals surface area contributed by atoms with Gasteiger partial charge in [0.25, 0.3) is 0 Å². The number of carbonyl (C=O) groups is 1. The third kappa shape index (κ3) is 4.36. The Balaban J connectivity index is 2.49. The van der Waals surface area contributed by atoms with Crippen molar-refractivity contribution in [2.24, 2.45) is 0 Å². The minimum Gasteiger partial charge on any atom is -0.489 e. The van der Waals surface area contributed by atoms with Crippen molar-refractivity contribution in [2.45, 2.75) is 40.0 Å². The Morgan fingerprint density at radius 1 is 1.08 bits per heavy atom. The number of amides is 1. The van der Waals surface area contributed by atoms with Gasteiger partial charge >= 0.3 is 6.18 Å². The lowest BCUT2D eigenvalue weighted by molar-refractivity contribution is -0.138. The van der Waals surface area contributed by atoms with E-state index in [2.05, 4.69) is 0 Å². The van der Waals surface area contributed by atoms with Crippen molar-refractivity contribution in [3.63, 3.8) is 0 Å². The Morgan fingerprint density at radius 3 is 2.35 bits per heavy atom. The first-order valence-electron chi connectivity index (χ1n) is 8.47. The monoisotopic (exact) mass is 365 g/mol. The lowest BCUT2D eigenvalue weighted by Crippen LogP contribution is -2.31. The molecular formula is C20H22F3NO2. The third-order valence-corrected chi connectivity index (χ3v) is 4.13. The van der Waals surface area contributed by atoms with E-state index in [1.807, 2.05) is 19.1 Å². The number of hydrogen-bond donors (Lipinski definition) is 0. The first kappa shape index (κ1) is 19.8. The summed E-state index contributed by atoms with van der Waals surface area (Å²) in [6.45, 7) is 5.25. The molecule has 1 amide bonds. The fraction of sp³-hybridized carbons (Fsp3) is 0.350. The van der Waals surface area contributed by atoms with Gasteiger partial charge in [0, 0.05) is 18.5 Å². The van der Waals surface area contributed by atoms with Crippen LogP contribution in [0.5, 0.6) is 5.75 Å². The van der Waals surface area contributed by atoms with Crippen molar-refractivity contribution < 1.29 is 22.7 Å². The number of nitrogens with zero attached hydrogens (tertiary/aromatic N) is 1. The molecule has 0 aromatic heterocycles. The highest BCUT2D eigenvalue weighted by Gasteiger charge is 2.35. The van der Waals surface area contributed by atoms with Gasteiger partial charge in [-0.25, -0.2) is 0 Å². The average molecular weight is 365 g/mol. The maximum Gasteiger partial charge on any atom is 0.416 e. The summed E-state index contributed by atoms with van der Waals surface area (Å²) in [5, 5.41) is 0. The zero-order valence-electron chi connectivity index (χ0n) is 15.1. The van der Waals surface area contributed by atoms with Crippen molar-refractivity contribution in [1.29, 1.82) is 0 Å². The molecule has 26 heavy (non-hydrogen) atoms. The van der Waals surface area contributed by atoms with Gasteiger partial charge in [-0.1, -0.05) is 31.2 Å². The van der Waals surface area contributed by atoms with Crippen LogP contribution in [0.1, 0.15) is 37.0 Å². The predicted molar refractivity (Wildman–Crippen MR) is 95.3 cm³/mol. The molecule has 2 rings (SSSR count). The largest absolute Gasteiger partial charge is 0.489 e. The fourth-order valence-electron chi connectivity index (χ4n) is 2.78. The van der Waals surface area contributed by atoms with E-state index in [1.165, 1.54) is 17.0 Å². The van der Waals surface area contributed by atoms with Crippen LogP contribution in [0.25, 0.3) is 0 Å². The predicted octanol–water partition coefficient (Wildman–Crippen LogP) is 5.36. The number of rotatable bonds is 6. The number of anilines is 1. The quantitative estimate of drug-likeness (QED) is 0.690. The summed E-state index contributed by atoms with van der Waals surface area (Å²) in [5.74, 6) is 0.282. The van der Waals surface area contributed by atoms with Gasteiger partial charge in [0.15, 0.2) is 0 Å². The molecule has 2 aromatic carbocycles. The minimum atomic E-state index is -4.53. The second kappa shape index (κ2) is 8.25. The summed E-state index contributed by atoms with van der Waals surface area (Å²) < 4.78 is 46.2. The maximum absolute atomic E-state index is 13.5. The van der Waals surface area contributed by atoms with E-state index >= 15 is 0 Å². The molecule has 0 saturated heterocycles. The van der Waals surface area contributed by atoms with Gasteiger partial charge in [-0.05, 0) is 37.6 Å². The average Bonchev–Trinajstić information content (AvgIpc) is 2.61. The lowest BCUT2D eigenvalue weighted by Gasteiger charge is -2.26. The zero-order valence-corrected chi connectivity index (χ0v) is 15.1. The van der Waals surface area contributed by atoms with E-state index in [0.29, 0.717) is 5.75 Å². The highest BCUT2D eigenvalue weighted by Crippen LogP contribution is 2.37. The Morgan fingerprint density at radius 2 is 1.77 bits per heavy atom. The second-order valence-corrected chi connectivity index (χ2v) is 5.85. The second-order valence-electron chi connectivity index (χ2n) is 5.85. The summed E-state index contributed by atoms with van der Waals surface area (Å²) in [5.41, 5.74) is 0.246. The maximum atomic E-state index is 13.5. The van der Waals surface area contributed by atoms with E-state index in [0.717, 1.165) is 11.6 Å². The lowest BCUT2D eigenvalue weighted by atomic mass is 10.0. The highest BCUT2D eigenvalue weighted by molar-refractivity contribution is 5.94. The smallest absolute Gasteiger partial charge is 0.416 e. The van der Waals surface area contributed by atoms with Crippen LogP contribution in [-0.4, -0.2) is 12.5 Å². The molecule has 0 unspecified atom stereocenters. The van der Waals surface area contributed by atoms with Gasteiger partial charge in [-0.3, -0.25) is 4.79 Å². The molecule has 0 aliphatic heterocycles. The van der Waals surface area contributed by atoms with Gasteiger partial charge in [0.1, 0.15) is 12.4 Å². The number of hydrogen-bond acceptors (Lipinski definition) is 2. The molecule has 0 spiro atoms. The molecule has 140 valence electrons. The number of halogens is 3. The van der Waals surface area contributed by atoms with Gasteiger partial charge in [-0.2, -0.15) is 13.2 Å². The summed E-state index contributed by atoms with van der Waals surface area (Å²) in [4.78, 5) is 13.6. The van der Waals surface area contributed by atoms with Crippen LogP contribution in [0.3, 0.4) is 0 Å². The van der Waals surface area contributed by atoms with Gasteiger partial charge in [0.05, 0.1) is 11.3 Å². The van der Waals surface area contributed by atoms with E-state index in [1.54, 1.807) is 26.0 Å². The standard InChI is InChI=1S/C20H22F3NO2/c1-4-19(25)24(5-2)17-11-8-10-16(20(21,22)23)15(17)13-26-18-12-7-6-9-14(18)3/h6-12H,4-5,13H2,1-3H3. The van der Waals surface area contributed by atoms with Crippen LogP contribution in [0.2, 0.25) is 0 Å². The van der Waals surface area contributed by atoms with E-state index in [-0.39, 0.29) is 36.7 Å². The van der Waals surface area contributed by atoms with Gasteiger partial charge < -0.3 is 9.64 Å². The fourth-order valence-corrected chi connectivity index (χ4v) is 2.78. The topological polar surface area (TPSA) is 29.5 Å². The van der Waals surface area contributed by atoms with Crippen molar-refractivity contribution >= 4 is 11.6 Å². The third-order valence-electron chi connectivity index (χ3n) is 4.13. The van der Waals surface area contributed by atoms with Crippen molar-refractivity contribution in [2.75, 3.05) is 11.4 Å². The molecule has 0 radical (unpaired) electrons. The Kier molecular flexibility index (Phi) is 6.29. The Bertz CT molecular complexity index is 772. The zero-order chi connectivity index (χ0) is 19.3. The van der Waals surface area contributed by atoms with Crippen molar-refractivity contribution in [1.82, 2.24) is 0 Å². The van der Waals surface area contributed by atoms with E-state index < -0.39 is 11.7 Å². The molecule has 0 atom stereocenters.